The van der Waals surface area contributed by atoms with Crippen LogP contribution in [0.4, 0.5) is 0 Å². The first kappa shape index (κ1) is 18.1. The van der Waals surface area contributed by atoms with Crippen LogP contribution in [0.2, 0.25) is 0 Å². The van der Waals surface area contributed by atoms with Crippen LogP contribution in [0, 0.1) is 0 Å². The van der Waals surface area contributed by atoms with E-state index in [-0.39, 0.29) is 6.29 Å². The molecule has 0 radical (unpaired) electrons. The number of likely N-dealkylation sites (tertiary alicyclic amines) is 1. The fourth-order valence-corrected chi connectivity index (χ4v) is 4.16. The zero-order valence-electron chi connectivity index (χ0n) is 16.8. The molecule has 7 heteroatoms. The molecule has 4 heterocycles. The molecule has 1 aromatic carbocycles. The van der Waals surface area contributed by atoms with Crippen molar-refractivity contribution in [1.29, 1.82) is 0 Å². The van der Waals surface area contributed by atoms with Gasteiger partial charge in [0.05, 0.1) is 18.3 Å². The number of benzene rings is 1. The first-order valence-electron chi connectivity index (χ1n) is 10.5. The minimum atomic E-state index is 0.0712. The maximum atomic E-state index is 5.00. The van der Waals surface area contributed by atoms with Crippen LogP contribution in [0.15, 0.2) is 47.7 Å². The van der Waals surface area contributed by atoms with Crippen molar-refractivity contribution in [1.82, 2.24) is 29.5 Å². The van der Waals surface area contributed by atoms with Gasteiger partial charge in [0.2, 0.25) is 0 Å². The maximum Gasteiger partial charge on any atom is 0.180 e. The minimum absolute atomic E-state index is 0.0712. The Morgan fingerprint density at radius 1 is 1.14 bits per heavy atom. The quantitative estimate of drug-likeness (QED) is 0.698. The number of aromatic amines is 1. The predicted molar refractivity (Wildman–Crippen MR) is 112 cm³/mol. The number of imidazole rings is 1. The molecule has 5 rings (SSSR count). The average Bonchev–Trinajstić information content (AvgIpc) is 3.49. The lowest BCUT2D eigenvalue weighted by molar-refractivity contribution is 0.112. The third kappa shape index (κ3) is 3.70. The van der Waals surface area contributed by atoms with E-state index in [1.54, 1.807) is 0 Å². The van der Waals surface area contributed by atoms with Crippen molar-refractivity contribution in [3.63, 3.8) is 0 Å². The third-order valence-corrected chi connectivity index (χ3v) is 5.58. The van der Waals surface area contributed by atoms with Gasteiger partial charge >= 0.3 is 0 Å². The van der Waals surface area contributed by atoms with Crippen molar-refractivity contribution in [3.05, 3.63) is 59.1 Å². The molecule has 1 fully saturated rings. The van der Waals surface area contributed by atoms with Crippen LogP contribution in [-0.2, 0) is 6.54 Å². The van der Waals surface area contributed by atoms with Crippen molar-refractivity contribution < 1.29 is 0 Å². The monoisotopic (exact) mass is 389 g/mol. The fraction of sp³-hybridized carbons (Fsp3) is 0.409. The van der Waals surface area contributed by atoms with Crippen molar-refractivity contribution in [3.8, 4) is 11.4 Å². The molecule has 29 heavy (non-hydrogen) atoms. The normalized spacial score (nSPS) is 19.1. The van der Waals surface area contributed by atoms with E-state index in [0.717, 1.165) is 54.8 Å². The second kappa shape index (κ2) is 7.83. The Kier molecular flexibility index (Phi) is 4.89. The van der Waals surface area contributed by atoms with Gasteiger partial charge in [-0.25, -0.2) is 9.98 Å². The van der Waals surface area contributed by atoms with Gasteiger partial charge in [-0.1, -0.05) is 37.3 Å². The first-order valence-corrected chi connectivity index (χ1v) is 10.5. The summed E-state index contributed by atoms with van der Waals surface area (Å²) in [5.41, 5.74) is 3.02. The van der Waals surface area contributed by atoms with E-state index >= 15 is 0 Å². The lowest BCUT2D eigenvalue weighted by Gasteiger charge is -2.34. The Labute approximate surface area is 170 Å². The van der Waals surface area contributed by atoms with Crippen molar-refractivity contribution in [2.45, 2.75) is 39.0 Å². The lowest BCUT2D eigenvalue weighted by atomic mass is 10.2. The van der Waals surface area contributed by atoms with Crippen LogP contribution in [0.5, 0.6) is 0 Å². The van der Waals surface area contributed by atoms with Crippen LogP contribution in [0.1, 0.15) is 31.7 Å². The van der Waals surface area contributed by atoms with Crippen LogP contribution in [0.3, 0.4) is 0 Å². The zero-order valence-corrected chi connectivity index (χ0v) is 16.8. The summed E-state index contributed by atoms with van der Waals surface area (Å²) in [5, 5.41) is 5.50. The van der Waals surface area contributed by atoms with Gasteiger partial charge < -0.3 is 9.88 Å². The van der Waals surface area contributed by atoms with Crippen molar-refractivity contribution in [2.24, 2.45) is 4.99 Å². The molecule has 2 aromatic heterocycles. The van der Waals surface area contributed by atoms with Gasteiger partial charge in [0.1, 0.15) is 11.2 Å². The summed E-state index contributed by atoms with van der Waals surface area (Å²) in [4.78, 5) is 18.1. The molecule has 2 aliphatic heterocycles. The van der Waals surface area contributed by atoms with Crippen LogP contribution in [-0.4, -0.2) is 55.5 Å². The second-order valence-corrected chi connectivity index (χ2v) is 7.82. The van der Waals surface area contributed by atoms with E-state index in [9.17, 15) is 0 Å². The molecule has 0 amide bonds. The van der Waals surface area contributed by atoms with Crippen LogP contribution in [0.25, 0.3) is 17.6 Å². The Bertz CT molecular complexity index is 1080. The fourth-order valence-electron chi connectivity index (χ4n) is 4.16. The van der Waals surface area contributed by atoms with Gasteiger partial charge in [0.25, 0.3) is 0 Å². The van der Waals surface area contributed by atoms with Gasteiger partial charge in [-0.05, 0) is 24.8 Å². The van der Waals surface area contributed by atoms with E-state index in [1.165, 1.54) is 18.4 Å². The summed E-state index contributed by atoms with van der Waals surface area (Å²) < 4.78 is 1.95. The molecule has 7 nitrogen and oxygen atoms in total. The molecule has 0 spiro atoms. The van der Waals surface area contributed by atoms with E-state index < -0.39 is 0 Å². The number of fused-ring (bicyclic) bond motifs is 1. The SMILES string of the molecule is CCCN1C=c2[nH]c(-c3cnn(Cc4ccccc4)c3)nc2=NC1N1CCCC1. The highest BCUT2D eigenvalue weighted by Gasteiger charge is 2.27. The van der Waals surface area contributed by atoms with E-state index in [0.29, 0.717) is 0 Å². The smallest absolute Gasteiger partial charge is 0.180 e. The molecule has 2 aliphatic rings. The predicted octanol–water partition coefficient (Wildman–Crippen LogP) is 1.78. The Morgan fingerprint density at radius 3 is 2.76 bits per heavy atom. The summed E-state index contributed by atoms with van der Waals surface area (Å²) in [7, 11) is 0. The van der Waals surface area contributed by atoms with Crippen molar-refractivity contribution >= 4 is 6.20 Å². The van der Waals surface area contributed by atoms with E-state index in [2.05, 4.69) is 57.3 Å². The highest BCUT2D eigenvalue weighted by molar-refractivity contribution is 5.52. The number of H-pyrrole nitrogens is 1. The Balaban J connectivity index is 1.43. The maximum absolute atomic E-state index is 5.00. The molecule has 1 N–H and O–H groups in total. The van der Waals surface area contributed by atoms with E-state index in [4.69, 9.17) is 9.98 Å². The number of hydrogen-bond acceptors (Lipinski definition) is 5. The zero-order chi connectivity index (χ0) is 19.6. The number of rotatable bonds is 6. The minimum Gasteiger partial charge on any atom is -0.342 e. The second-order valence-electron chi connectivity index (χ2n) is 7.82. The van der Waals surface area contributed by atoms with Crippen LogP contribution >= 0.6 is 0 Å². The van der Waals surface area contributed by atoms with E-state index in [1.807, 2.05) is 23.1 Å². The topological polar surface area (TPSA) is 65.3 Å². The molecule has 1 unspecified atom stereocenters. The summed E-state index contributed by atoms with van der Waals surface area (Å²) in [6.07, 6.45) is 9.78. The summed E-state index contributed by atoms with van der Waals surface area (Å²) >= 11 is 0. The number of hydrogen-bond donors (Lipinski definition) is 1. The molecule has 0 saturated carbocycles. The standard InChI is InChI=1S/C22H27N7/c1-2-10-28-16-19-21(26-22(28)27-11-6-7-12-27)25-20(24-19)18-13-23-29(15-18)14-17-8-4-3-5-9-17/h3-5,8-9,13,15-16,22H,2,6-7,10-12,14H2,1H3,(H,24,25,26). The van der Waals surface area contributed by atoms with Gasteiger partial charge in [0, 0.05) is 32.0 Å². The summed E-state index contributed by atoms with van der Waals surface area (Å²) in [6, 6.07) is 10.4. The Hall–Kier alpha value is -2.93. The largest absolute Gasteiger partial charge is 0.342 e. The van der Waals surface area contributed by atoms with Crippen LogP contribution < -0.4 is 10.8 Å². The molecule has 0 bridgehead atoms. The summed E-state index contributed by atoms with van der Waals surface area (Å²) in [5.74, 6) is 0.827. The molecule has 1 saturated heterocycles. The average molecular weight is 390 g/mol. The summed E-state index contributed by atoms with van der Waals surface area (Å²) in [6.45, 7) is 6.18. The number of nitrogens with zero attached hydrogens (tertiary/aromatic N) is 6. The van der Waals surface area contributed by atoms with Gasteiger partial charge in [-0.15, -0.1) is 0 Å². The molecule has 150 valence electrons. The Morgan fingerprint density at radius 2 is 1.97 bits per heavy atom. The molecular weight excluding hydrogens is 362 g/mol. The third-order valence-electron chi connectivity index (χ3n) is 5.58. The number of nitrogens with one attached hydrogen (secondary N) is 1. The lowest BCUT2D eigenvalue weighted by Crippen LogP contribution is -2.50. The number of aromatic nitrogens is 4. The molecule has 0 aliphatic carbocycles. The molecule has 3 aromatic rings. The van der Waals surface area contributed by atoms with Crippen molar-refractivity contribution in [2.75, 3.05) is 19.6 Å². The molecular formula is C22H27N7. The molecule has 1 atom stereocenters. The highest BCUT2D eigenvalue weighted by Crippen LogP contribution is 2.18. The van der Waals surface area contributed by atoms with Gasteiger partial charge in [-0.3, -0.25) is 9.58 Å². The van der Waals surface area contributed by atoms with Gasteiger partial charge in [-0.2, -0.15) is 5.10 Å². The van der Waals surface area contributed by atoms with Gasteiger partial charge in [0.15, 0.2) is 11.8 Å². The first-order chi connectivity index (χ1) is 14.3. The highest BCUT2D eigenvalue weighted by atomic mass is 15.4.